The molecular weight excluding hydrogens is 527 g/mol. The van der Waals surface area contributed by atoms with E-state index in [0.717, 1.165) is 50.4 Å². The van der Waals surface area contributed by atoms with Gasteiger partial charge in [-0.05, 0) is 37.8 Å². The van der Waals surface area contributed by atoms with Crippen molar-refractivity contribution in [1.82, 2.24) is 25.4 Å². The number of benzene rings is 1. The average Bonchev–Trinajstić information content (AvgIpc) is 3.30. The third-order valence-electron chi connectivity index (χ3n) is 6.06. The number of aliphatic imine (C=N–C) groups is 1. The zero-order valence-electron chi connectivity index (χ0n) is 18.5. The molecule has 0 bridgehead atoms. The molecule has 32 heavy (non-hydrogen) atoms. The molecule has 7 nitrogen and oxygen atoms in total. The van der Waals surface area contributed by atoms with Crippen molar-refractivity contribution >= 4 is 35.6 Å². The molecular formula is C22H32F2IN7. The van der Waals surface area contributed by atoms with E-state index in [1.54, 1.807) is 11.9 Å². The Balaban J connectivity index is 0.00000289. The first-order chi connectivity index (χ1) is 15.2. The molecule has 1 atom stereocenters. The van der Waals surface area contributed by atoms with Crippen LogP contribution >= 0.6 is 24.0 Å². The van der Waals surface area contributed by atoms with Crippen LogP contribution in [0.2, 0.25) is 0 Å². The second-order valence-corrected chi connectivity index (χ2v) is 8.24. The molecule has 2 aliphatic heterocycles. The highest BCUT2D eigenvalue weighted by Crippen LogP contribution is 2.26. The summed E-state index contributed by atoms with van der Waals surface area (Å²) in [4.78, 5) is 6.05. The Morgan fingerprint density at radius 2 is 1.97 bits per heavy atom. The normalized spacial score (nSPS) is 18.7. The molecule has 0 spiro atoms. The molecule has 2 aliphatic rings. The number of rotatable bonds is 6. The van der Waals surface area contributed by atoms with Gasteiger partial charge in [0.05, 0.1) is 0 Å². The Kier molecular flexibility index (Phi) is 9.06. The first kappa shape index (κ1) is 24.7. The molecule has 0 amide bonds. The van der Waals surface area contributed by atoms with Crippen LogP contribution in [-0.4, -0.2) is 53.4 Å². The van der Waals surface area contributed by atoms with Gasteiger partial charge in [0.1, 0.15) is 29.0 Å². The summed E-state index contributed by atoms with van der Waals surface area (Å²) < 4.78 is 30.4. The first-order valence-electron chi connectivity index (χ1n) is 11.2. The van der Waals surface area contributed by atoms with Gasteiger partial charge in [-0.3, -0.25) is 4.99 Å². The van der Waals surface area contributed by atoms with Gasteiger partial charge in [-0.2, -0.15) is 0 Å². The number of nitrogens with one attached hydrogen (secondary N) is 2. The van der Waals surface area contributed by atoms with Crippen LogP contribution in [-0.2, 0) is 19.4 Å². The van der Waals surface area contributed by atoms with Gasteiger partial charge in [0.2, 0.25) is 0 Å². The highest BCUT2D eigenvalue weighted by molar-refractivity contribution is 14.0. The van der Waals surface area contributed by atoms with E-state index in [2.05, 4.69) is 30.4 Å². The Labute approximate surface area is 205 Å². The van der Waals surface area contributed by atoms with Crippen molar-refractivity contribution in [2.45, 2.75) is 57.5 Å². The summed E-state index contributed by atoms with van der Waals surface area (Å²) in [7, 11) is 1.73. The van der Waals surface area contributed by atoms with E-state index in [-0.39, 0.29) is 35.7 Å². The second-order valence-electron chi connectivity index (χ2n) is 8.24. The number of fused-ring (bicyclic) bond motifs is 1. The van der Waals surface area contributed by atoms with E-state index in [1.807, 2.05) is 0 Å². The molecule has 10 heteroatoms. The zero-order chi connectivity index (χ0) is 21.6. The third-order valence-corrected chi connectivity index (χ3v) is 6.06. The Morgan fingerprint density at radius 1 is 1.16 bits per heavy atom. The standard InChI is InChI=1S/C22H31F2N7.HI/c1-25-22(26-12-6-10-20-29-28-19-9-3-2-4-13-31(19)20)27-16-11-14-30(15-16)21-17(23)7-5-8-18(21)24;/h5,7-8,16H,2-4,6,9-15H2,1H3,(H2,25,26,27);1H. The van der Waals surface area contributed by atoms with Crippen molar-refractivity contribution in [2.24, 2.45) is 4.99 Å². The lowest BCUT2D eigenvalue weighted by molar-refractivity contribution is 0.575. The monoisotopic (exact) mass is 559 g/mol. The van der Waals surface area contributed by atoms with Crippen LogP contribution in [0.4, 0.5) is 14.5 Å². The highest BCUT2D eigenvalue weighted by atomic mass is 127. The first-order valence-corrected chi connectivity index (χ1v) is 11.2. The molecule has 1 unspecified atom stereocenters. The van der Waals surface area contributed by atoms with Crippen LogP contribution in [0.3, 0.4) is 0 Å². The fourth-order valence-electron chi connectivity index (χ4n) is 4.44. The molecule has 0 saturated carbocycles. The van der Waals surface area contributed by atoms with Crippen LogP contribution in [0, 0.1) is 11.6 Å². The molecule has 1 fully saturated rings. The molecule has 0 radical (unpaired) electrons. The van der Waals surface area contributed by atoms with Gasteiger partial charge in [-0.1, -0.05) is 12.5 Å². The number of aromatic nitrogens is 3. The van der Waals surface area contributed by atoms with E-state index in [0.29, 0.717) is 19.0 Å². The van der Waals surface area contributed by atoms with E-state index in [9.17, 15) is 8.78 Å². The van der Waals surface area contributed by atoms with Crippen molar-refractivity contribution in [3.8, 4) is 0 Å². The quantitative estimate of drug-likeness (QED) is 0.246. The van der Waals surface area contributed by atoms with Crippen molar-refractivity contribution < 1.29 is 8.78 Å². The van der Waals surface area contributed by atoms with Crippen LogP contribution in [0.25, 0.3) is 0 Å². The van der Waals surface area contributed by atoms with Crippen LogP contribution in [0.15, 0.2) is 23.2 Å². The smallest absolute Gasteiger partial charge is 0.191 e. The summed E-state index contributed by atoms with van der Waals surface area (Å²) >= 11 is 0. The molecule has 1 aromatic heterocycles. The van der Waals surface area contributed by atoms with Crippen molar-refractivity contribution in [1.29, 1.82) is 0 Å². The van der Waals surface area contributed by atoms with Gasteiger partial charge >= 0.3 is 0 Å². The predicted octanol–water partition coefficient (Wildman–Crippen LogP) is 3.28. The summed E-state index contributed by atoms with van der Waals surface area (Å²) in [5.74, 6) is 1.86. The number of aryl methyl sites for hydroxylation is 2. The van der Waals surface area contributed by atoms with Gasteiger partial charge < -0.3 is 20.1 Å². The second kappa shape index (κ2) is 11.8. The number of para-hydroxylation sites is 1. The minimum Gasteiger partial charge on any atom is -0.365 e. The van der Waals surface area contributed by atoms with Crippen LogP contribution < -0.4 is 15.5 Å². The molecule has 3 heterocycles. The maximum atomic E-state index is 14.1. The number of guanidine groups is 1. The summed E-state index contributed by atoms with van der Waals surface area (Å²) in [5, 5.41) is 15.5. The number of anilines is 1. The molecule has 1 saturated heterocycles. The lowest BCUT2D eigenvalue weighted by atomic mass is 10.2. The topological polar surface area (TPSA) is 70.4 Å². The number of hydrogen-bond acceptors (Lipinski definition) is 4. The Bertz CT molecular complexity index is 897. The number of nitrogens with zero attached hydrogens (tertiary/aromatic N) is 5. The van der Waals surface area contributed by atoms with Gasteiger partial charge in [-0.15, -0.1) is 34.2 Å². The number of halogens is 3. The zero-order valence-corrected chi connectivity index (χ0v) is 20.8. The SMILES string of the molecule is CN=C(NCCCc1nnc2n1CCCCC2)NC1CCN(c2c(F)cccc2F)C1.I. The van der Waals surface area contributed by atoms with E-state index >= 15 is 0 Å². The van der Waals surface area contributed by atoms with Gasteiger partial charge in [0, 0.05) is 52.1 Å². The van der Waals surface area contributed by atoms with Crippen LogP contribution in [0.1, 0.15) is 43.8 Å². The summed E-state index contributed by atoms with van der Waals surface area (Å²) in [5.41, 5.74) is 0.0576. The third kappa shape index (κ3) is 5.87. The molecule has 2 aromatic rings. The maximum Gasteiger partial charge on any atom is 0.191 e. The fraction of sp³-hybridized carbons (Fsp3) is 0.591. The molecule has 1 aromatic carbocycles. The summed E-state index contributed by atoms with van der Waals surface area (Å²) in [6.07, 6.45) is 7.27. The lowest BCUT2D eigenvalue weighted by Crippen LogP contribution is -2.45. The Hall–Kier alpha value is -1.98. The number of hydrogen-bond donors (Lipinski definition) is 2. The summed E-state index contributed by atoms with van der Waals surface area (Å²) in [6, 6.07) is 4.07. The van der Waals surface area contributed by atoms with Gasteiger partial charge in [0.25, 0.3) is 0 Å². The highest BCUT2D eigenvalue weighted by Gasteiger charge is 2.27. The molecule has 4 rings (SSSR count). The van der Waals surface area contributed by atoms with E-state index < -0.39 is 11.6 Å². The van der Waals surface area contributed by atoms with E-state index in [4.69, 9.17) is 0 Å². The van der Waals surface area contributed by atoms with Gasteiger partial charge in [-0.25, -0.2) is 8.78 Å². The van der Waals surface area contributed by atoms with Crippen molar-refractivity contribution in [3.05, 3.63) is 41.5 Å². The predicted molar refractivity (Wildman–Crippen MR) is 133 cm³/mol. The largest absolute Gasteiger partial charge is 0.365 e. The molecule has 2 N–H and O–H groups in total. The van der Waals surface area contributed by atoms with Gasteiger partial charge in [0.15, 0.2) is 5.96 Å². The average molecular weight is 559 g/mol. The van der Waals surface area contributed by atoms with Crippen molar-refractivity contribution in [3.63, 3.8) is 0 Å². The fourth-order valence-corrected chi connectivity index (χ4v) is 4.44. The van der Waals surface area contributed by atoms with Crippen molar-refractivity contribution in [2.75, 3.05) is 31.6 Å². The molecule has 176 valence electrons. The van der Waals surface area contributed by atoms with Crippen LogP contribution in [0.5, 0.6) is 0 Å². The Morgan fingerprint density at radius 3 is 2.75 bits per heavy atom. The van der Waals surface area contributed by atoms with E-state index in [1.165, 1.54) is 37.5 Å². The minimum absolute atomic E-state index is 0. The maximum absolute atomic E-state index is 14.1. The summed E-state index contributed by atoms with van der Waals surface area (Å²) in [6.45, 7) is 2.92. The molecule has 0 aliphatic carbocycles. The lowest BCUT2D eigenvalue weighted by Gasteiger charge is -2.21. The minimum atomic E-state index is -0.519.